The van der Waals surface area contributed by atoms with Gasteiger partial charge in [-0.2, -0.15) is 11.8 Å². The highest BCUT2D eigenvalue weighted by Gasteiger charge is 2.22. The Hall–Kier alpha value is -1.69. The average Bonchev–Trinajstić information content (AvgIpc) is 2.74. The van der Waals surface area contributed by atoms with E-state index in [-0.39, 0.29) is 12.6 Å². The molecule has 1 aromatic rings. The van der Waals surface area contributed by atoms with Crippen molar-refractivity contribution >= 4 is 23.8 Å². The molecule has 0 radical (unpaired) electrons. The van der Waals surface area contributed by atoms with Gasteiger partial charge in [-0.05, 0) is 30.4 Å². The topological polar surface area (TPSA) is 64.6 Å². The summed E-state index contributed by atoms with van der Waals surface area (Å²) >= 11 is 1.63. The van der Waals surface area contributed by atoms with Crippen molar-refractivity contribution in [3.63, 3.8) is 0 Å². The van der Waals surface area contributed by atoms with Crippen LogP contribution in [-0.4, -0.2) is 36.7 Å². The smallest absolute Gasteiger partial charge is 0.408 e. The van der Waals surface area contributed by atoms with Crippen molar-refractivity contribution in [2.24, 2.45) is 0 Å². The minimum Gasteiger partial charge on any atom is -0.464 e. The number of unbranched alkanes of at least 4 members (excludes halogenated alkanes) is 7. The number of amides is 1. The number of esters is 1. The van der Waals surface area contributed by atoms with Crippen LogP contribution in [0.3, 0.4) is 0 Å². The molecule has 0 aliphatic rings. The van der Waals surface area contributed by atoms with Crippen LogP contribution >= 0.6 is 11.8 Å². The maximum atomic E-state index is 12.4. The molecule has 1 amide bonds. The molecule has 0 saturated carbocycles. The summed E-state index contributed by atoms with van der Waals surface area (Å²) in [5, 5.41) is 2.65. The highest BCUT2D eigenvalue weighted by Crippen LogP contribution is 2.09. The standard InChI is InChI=1S/C23H37NO4S/c1-3-4-5-6-7-8-9-13-17-27-22(25)21(16-18-29-2)24-23(26)28-19-20-14-11-10-12-15-20/h10-12,14-15,21H,3-9,13,16-19H2,1-2H3,(H,24,26). The second-order valence-electron chi connectivity index (χ2n) is 7.18. The molecule has 29 heavy (non-hydrogen) atoms. The van der Waals surface area contributed by atoms with Crippen LogP contribution < -0.4 is 5.32 Å². The summed E-state index contributed by atoms with van der Waals surface area (Å²) in [6.45, 7) is 2.80. The third kappa shape index (κ3) is 13.2. The lowest BCUT2D eigenvalue weighted by molar-refractivity contribution is -0.146. The Bertz CT molecular complexity index is 553. The van der Waals surface area contributed by atoms with E-state index in [0.29, 0.717) is 13.0 Å². The molecule has 0 aliphatic heterocycles. The number of ether oxygens (including phenoxy) is 2. The average molecular weight is 424 g/mol. The number of carbonyl (C=O) groups excluding carboxylic acids is 2. The largest absolute Gasteiger partial charge is 0.464 e. The molecule has 0 fully saturated rings. The Morgan fingerprint density at radius 3 is 2.28 bits per heavy atom. The molecule has 0 bridgehead atoms. The number of thioether (sulfide) groups is 1. The van der Waals surface area contributed by atoms with E-state index in [4.69, 9.17) is 9.47 Å². The minimum atomic E-state index is -0.667. The third-order valence-corrected chi connectivity index (χ3v) is 5.29. The zero-order chi connectivity index (χ0) is 21.2. The lowest BCUT2D eigenvalue weighted by Gasteiger charge is -2.17. The van der Waals surface area contributed by atoms with Gasteiger partial charge in [0.25, 0.3) is 0 Å². The molecule has 1 aromatic carbocycles. The van der Waals surface area contributed by atoms with Gasteiger partial charge in [0.05, 0.1) is 6.61 Å². The molecular weight excluding hydrogens is 386 g/mol. The Balaban J connectivity index is 2.25. The summed E-state index contributed by atoms with van der Waals surface area (Å²) in [7, 11) is 0. The molecule has 164 valence electrons. The van der Waals surface area contributed by atoms with Gasteiger partial charge in [-0.1, -0.05) is 82.2 Å². The van der Waals surface area contributed by atoms with Gasteiger partial charge in [-0.15, -0.1) is 0 Å². The van der Waals surface area contributed by atoms with E-state index in [2.05, 4.69) is 12.2 Å². The predicted molar refractivity (Wildman–Crippen MR) is 120 cm³/mol. The first-order valence-corrected chi connectivity index (χ1v) is 12.2. The van der Waals surface area contributed by atoms with E-state index in [1.54, 1.807) is 11.8 Å². The van der Waals surface area contributed by atoms with Crippen molar-refractivity contribution < 1.29 is 19.1 Å². The van der Waals surface area contributed by atoms with Crippen molar-refractivity contribution in [1.29, 1.82) is 0 Å². The summed E-state index contributed by atoms with van der Waals surface area (Å²) in [6.07, 6.45) is 11.5. The van der Waals surface area contributed by atoms with Gasteiger partial charge in [0.1, 0.15) is 12.6 Å². The minimum absolute atomic E-state index is 0.176. The van der Waals surface area contributed by atoms with Crippen molar-refractivity contribution in [2.75, 3.05) is 18.6 Å². The summed E-state index contributed by atoms with van der Waals surface area (Å²) in [6, 6.07) is 8.79. The molecule has 0 heterocycles. The van der Waals surface area contributed by atoms with Crippen LogP contribution in [-0.2, 0) is 20.9 Å². The molecule has 1 rings (SSSR count). The van der Waals surface area contributed by atoms with Crippen LogP contribution in [0.4, 0.5) is 4.79 Å². The Kier molecular flexibility index (Phi) is 15.0. The Labute approximate surface area is 180 Å². The van der Waals surface area contributed by atoms with Crippen LogP contribution in [0.25, 0.3) is 0 Å². The molecule has 0 aromatic heterocycles. The molecule has 1 unspecified atom stereocenters. The molecule has 1 atom stereocenters. The van der Waals surface area contributed by atoms with Gasteiger partial charge < -0.3 is 14.8 Å². The highest BCUT2D eigenvalue weighted by atomic mass is 32.2. The van der Waals surface area contributed by atoms with Crippen LogP contribution in [0, 0.1) is 0 Å². The zero-order valence-corrected chi connectivity index (χ0v) is 18.8. The fraction of sp³-hybridized carbons (Fsp3) is 0.652. The number of hydrogen-bond donors (Lipinski definition) is 1. The maximum absolute atomic E-state index is 12.4. The first-order chi connectivity index (χ1) is 14.2. The van der Waals surface area contributed by atoms with Crippen molar-refractivity contribution in [3.05, 3.63) is 35.9 Å². The highest BCUT2D eigenvalue weighted by molar-refractivity contribution is 7.98. The number of rotatable bonds is 16. The van der Waals surface area contributed by atoms with E-state index in [1.165, 1.54) is 38.5 Å². The lowest BCUT2D eigenvalue weighted by atomic mass is 10.1. The van der Waals surface area contributed by atoms with Gasteiger partial charge in [-0.25, -0.2) is 9.59 Å². The van der Waals surface area contributed by atoms with Gasteiger partial charge in [0, 0.05) is 0 Å². The van der Waals surface area contributed by atoms with Crippen molar-refractivity contribution in [3.8, 4) is 0 Å². The van der Waals surface area contributed by atoms with Crippen LogP contribution in [0.2, 0.25) is 0 Å². The van der Waals surface area contributed by atoms with Crippen LogP contribution in [0.1, 0.15) is 70.3 Å². The quantitative estimate of drug-likeness (QED) is 0.272. The first-order valence-electron chi connectivity index (χ1n) is 10.8. The summed E-state index contributed by atoms with van der Waals surface area (Å²) in [4.78, 5) is 24.4. The fourth-order valence-corrected chi connectivity index (χ4v) is 3.37. The fourth-order valence-electron chi connectivity index (χ4n) is 2.90. The number of carbonyl (C=O) groups is 2. The second kappa shape index (κ2) is 17.2. The molecule has 1 N–H and O–H groups in total. The van der Waals surface area contributed by atoms with Gasteiger partial charge in [0.15, 0.2) is 0 Å². The van der Waals surface area contributed by atoms with E-state index in [9.17, 15) is 9.59 Å². The van der Waals surface area contributed by atoms with Gasteiger partial charge in [-0.3, -0.25) is 0 Å². The van der Waals surface area contributed by atoms with E-state index in [1.807, 2.05) is 36.6 Å². The number of hydrogen-bond acceptors (Lipinski definition) is 5. The summed E-state index contributed by atoms with van der Waals surface area (Å²) in [5.74, 6) is 0.384. The molecule has 6 heteroatoms. The predicted octanol–water partition coefficient (Wildman–Crippen LogP) is 5.72. The van der Waals surface area contributed by atoms with Crippen molar-refractivity contribution in [1.82, 2.24) is 5.32 Å². The number of benzene rings is 1. The zero-order valence-electron chi connectivity index (χ0n) is 18.0. The van der Waals surface area contributed by atoms with E-state index < -0.39 is 12.1 Å². The Morgan fingerprint density at radius 1 is 0.966 bits per heavy atom. The first kappa shape index (κ1) is 25.3. The van der Waals surface area contributed by atoms with Gasteiger partial charge in [0.2, 0.25) is 0 Å². The number of alkyl carbamates (subject to hydrolysis) is 1. The molecule has 0 saturated heterocycles. The summed E-state index contributed by atoms with van der Waals surface area (Å²) < 4.78 is 10.6. The normalized spacial score (nSPS) is 11.7. The van der Waals surface area contributed by atoms with Crippen molar-refractivity contribution in [2.45, 2.75) is 77.4 Å². The molecule has 5 nitrogen and oxygen atoms in total. The monoisotopic (exact) mass is 423 g/mol. The third-order valence-electron chi connectivity index (χ3n) is 4.64. The molecular formula is C23H37NO4S. The van der Waals surface area contributed by atoms with Gasteiger partial charge >= 0.3 is 12.1 Å². The molecule has 0 spiro atoms. The summed E-state index contributed by atoms with van der Waals surface area (Å²) in [5.41, 5.74) is 0.903. The Morgan fingerprint density at radius 2 is 1.62 bits per heavy atom. The molecule has 0 aliphatic carbocycles. The van der Waals surface area contributed by atoms with Crippen LogP contribution in [0.5, 0.6) is 0 Å². The lowest BCUT2D eigenvalue weighted by Crippen LogP contribution is -2.42. The van der Waals surface area contributed by atoms with Crippen LogP contribution in [0.15, 0.2) is 30.3 Å². The van der Waals surface area contributed by atoms with E-state index in [0.717, 1.165) is 24.2 Å². The van der Waals surface area contributed by atoms with E-state index >= 15 is 0 Å². The SMILES string of the molecule is CCCCCCCCCCOC(=O)C(CCSC)NC(=O)OCc1ccccc1. The number of nitrogens with one attached hydrogen (secondary N) is 1. The maximum Gasteiger partial charge on any atom is 0.408 e. The second-order valence-corrected chi connectivity index (χ2v) is 8.17.